The summed E-state index contributed by atoms with van der Waals surface area (Å²) in [7, 11) is 0. The van der Waals surface area contributed by atoms with Gasteiger partial charge in [-0.15, -0.1) is 0 Å². The van der Waals surface area contributed by atoms with Crippen molar-refractivity contribution in [3.8, 4) is 0 Å². The molecule has 2 aliphatic heterocycles. The predicted molar refractivity (Wildman–Crippen MR) is 117 cm³/mol. The minimum atomic E-state index is -0.542. The number of nitrogens with zero attached hydrogens (tertiary/aromatic N) is 2. The molecule has 0 bridgehead atoms. The molecule has 1 atom stereocenters. The lowest BCUT2D eigenvalue weighted by atomic mass is 9.90. The molecule has 1 aliphatic carbocycles. The first-order chi connectivity index (χ1) is 15.3. The van der Waals surface area contributed by atoms with Gasteiger partial charge in [0.05, 0.1) is 11.6 Å². The zero-order chi connectivity index (χ0) is 22.9. The highest BCUT2D eigenvalue weighted by Crippen LogP contribution is 2.59. The van der Waals surface area contributed by atoms with E-state index in [2.05, 4.69) is 5.32 Å². The van der Waals surface area contributed by atoms with Gasteiger partial charge in [0, 0.05) is 43.7 Å². The van der Waals surface area contributed by atoms with Crippen molar-refractivity contribution in [2.24, 2.45) is 11.3 Å². The number of ether oxygens (including phenoxy) is 1. The Bertz CT molecular complexity index is 895. The van der Waals surface area contributed by atoms with Crippen LogP contribution in [0.3, 0.4) is 0 Å². The minimum Gasteiger partial charge on any atom is -0.450 e. The van der Waals surface area contributed by atoms with Crippen LogP contribution in [-0.2, 0) is 9.53 Å². The van der Waals surface area contributed by atoms with Crippen molar-refractivity contribution in [2.45, 2.75) is 45.1 Å². The summed E-state index contributed by atoms with van der Waals surface area (Å²) in [5, 5.41) is 3.11. The molecule has 2 saturated heterocycles. The third-order valence-corrected chi connectivity index (χ3v) is 7.38. The molecule has 174 valence electrons. The smallest absolute Gasteiger partial charge is 0.409 e. The highest BCUT2D eigenvalue weighted by atomic mass is 35.5. The van der Waals surface area contributed by atoms with Gasteiger partial charge in [0.25, 0.3) is 5.91 Å². The molecule has 0 aromatic heterocycles. The monoisotopic (exact) mass is 465 g/mol. The van der Waals surface area contributed by atoms with Crippen LogP contribution in [0.25, 0.3) is 0 Å². The minimum absolute atomic E-state index is 0.0110. The second-order valence-electron chi connectivity index (χ2n) is 9.01. The van der Waals surface area contributed by atoms with E-state index in [1.807, 2.05) is 0 Å². The molecule has 9 heteroatoms. The predicted octanol–water partition coefficient (Wildman–Crippen LogP) is 3.46. The van der Waals surface area contributed by atoms with Crippen LogP contribution in [0.1, 0.15) is 49.4 Å². The number of carbonyl (C=O) groups is 3. The van der Waals surface area contributed by atoms with Crippen LogP contribution in [0, 0.1) is 17.2 Å². The van der Waals surface area contributed by atoms with Crippen molar-refractivity contribution in [3.05, 3.63) is 34.6 Å². The summed E-state index contributed by atoms with van der Waals surface area (Å²) in [6.45, 7) is 4.48. The Hall–Kier alpha value is -2.35. The maximum Gasteiger partial charge on any atom is 0.409 e. The lowest BCUT2D eigenvalue weighted by Crippen LogP contribution is -2.47. The molecule has 2 heterocycles. The second-order valence-corrected chi connectivity index (χ2v) is 9.42. The lowest BCUT2D eigenvalue weighted by Gasteiger charge is -2.34. The van der Waals surface area contributed by atoms with E-state index in [-0.39, 0.29) is 40.3 Å². The van der Waals surface area contributed by atoms with Gasteiger partial charge in [-0.25, -0.2) is 9.18 Å². The highest BCUT2D eigenvalue weighted by Gasteiger charge is 2.58. The summed E-state index contributed by atoms with van der Waals surface area (Å²) in [6.07, 6.45) is 3.59. The average molecular weight is 466 g/mol. The first-order valence-corrected chi connectivity index (χ1v) is 11.7. The third kappa shape index (κ3) is 4.70. The first-order valence-electron chi connectivity index (χ1n) is 11.3. The summed E-state index contributed by atoms with van der Waals surface area (Å²) in [5.74, 6) is -0.622. The number of nitrogens with one attached hydrogen (secondary N) is 1. The van der Waals surface area contributed by atoms with Gasteiger partial charge in [0.2, 0.25) is 5.91 Å². The largest absolute Gasteiger partial charge is 0.450 e. The van der Waals surface area contributed by atoms with Crippen LogP contribution in [0.2, 0.25) is 5.02 Å². The number of benzene rings is 1. The van der Waals surface area contributed by atoms with Crippen LogP contribution in [-0.4, -0.2) is 66.5 Å². The number of hydrogen-bond donors (Lipinski definition) is 1. The van der Waals surface area contributed by atoms with Crippen LogP contribution >= 0.6 is 11.6 Å². The number of amides is 3. The topological polar surface area (TPSA) is 79.0 Å². The summed E-state index contributed by atoms with van der Waals surface area (Å²) >= 11 is 5.81. The maximum atomic E-state index is 13.4. The molecule has 1 spiro atoms. The quantitative estimate of drug-likeness (QED) is 0.738. The Balaban J connectivity index is 1.23. The van der Waals surface area contributed by atoms with Crippen LogP contribution < -0.4 is 5.32 Å². The maximum absolute atomic E-state index is 13.4. The van der Waals surface area contributed by atoms with Gasteiger partial charge >= 0.3 is 6.09 Å². The van der Waals surface area contributed by atoms with E-state index in [9.17, 15) is 18.8 Å². The van der Waals surface area contributed by atoms with Crippen molar-refractivity contribution >= 4 is 29.5 Å². The second kappa shape index (κ2) is 9.25. The van der Waals surface area contributed by atoms with Gasteiger partial charge in [-0.2, -0.15) is 0 Å². The number of halogens is 2. The molecule has 1 saturated carbocycles. The normalized spacial score (nSPS) is 22.5. The fraction of sp³-hybridized carbons (Fsp3) is 0.609. The number of piperidine rings is 2. The van der Waals surface area contributed by atoms with E-state index < -0.39 is 5.82 Å². The SMILES string of the molecule is CCOC(=O)N1CCC(NC(=O)C2CC23CCN(C(=O)c2ccc(F)c(Cl)c2)CC3)CC1. The lowest BCUT2D eigenvalue weighted by molar-refractivity contribution is -0.124. The zero-order valence-corrected chi connectivity index (χ0v) is 19.0. The van der Waals surface area contributed by atoms with Gasteiger partial charge in [-0.1, -0.05) is 11.6 Å². The first kappa shape index (κ1) is 22.8. The van der Waals surface area contributed by atoms with Gasteiger partial charge in [0.15, 0.2) is 0 Å². The van der Waals surface area contributed by atoms with Crippen molar-refractivity contribution in [1.29, 1.82) is 0 Å². The van der Waals surface area contributed by atoms with Gasteiger partial charge in [0.1, 0.15) is 5.82 Å². The van der Waals surface area contributed by atoms with Crippen LogP contribution in [0.15, 0.2) is 18.2 Å². The zero-order valence-electron chi connectivity index (χ0n) is 18.2. The summed E-state index contributed by atoms with van der Waals surface area (Å²) in [6, 6.07) is 4.11. The standard InChI is InChI=1S/C23H29ClFN3O4/c1-2-32-22(31)28-9-5-16(6-10-28)26-20(29)17-14-23(17)7-11-27(12-8-23)21(30)15-3-4-19(25)18(24)13-15/h3-4,13,16-17H,2,5-12,14H2,1H3,(H,26,29). The van der Waals surface area contributed by atoms with Crippen molar-refractivity contribution < 1.29 is 23.5 Å². The Morgan fingerprint density at radius 2 is 1.84 bits per heavy atom. The molecule has 0 radical (unpaired) electrons. The molecular formula is C23H29ClFN3O4. The molecular weight excluding hydrogens is 437 g/mol. The number of hydrogen-bond acceptors (Lipinski definition) is 4. The van der Waals surface area contributed by atoms with Crippen LogP contribution in [0.5, 0.6) is 0 Å². The Morgan fingerprint density at radius 3 is 2.47 bits per heavy atom. The molecule has 3 aliphatic rings. The molecule has 3 amide bonds. The molecule has 7 nitrogen and oxygen atoms in total. The molecule has 1 aromatic rings. The van der Waals surface area contributed by atoms with E-state index in [0.717, 1.165) is 32.1 Å². The summed E-state index contributed by atoms with van der Waals surface area (Å²) in [4.78, 5) is 40.8. The van der Waals surface area contributed by atoms with E-state index in [1.54, 1.807) is 16.7 Å². The van der Waals surface area contributed by atoms with E-state index in [4.69, 9.17) is 16.3 Å². The molecule has 32 heavy (non-hydrogen) atoms. The van der Waals surface area contributed by atoms with Crippen molar-refractivity contribution in [3.63, 3.8) is 0 Å². The molecule has 4 rings (SSSR count). The number of carbonyl (C=O) groups excluding carboxylic acids is 3. The fourth-order valence-corrected chi connectivity index (χ4v) is 5.14. The van der Waals surface area contributed by atoms with Gasteiger partial charge in [-0.3, -0.25) is 9.59 Å². The van der Waals surface area contributed by atoms with E-state index in [0.29, 0.717) is 38.3 Å². The number of rotatable bonds is 4. The third-order valence-electron chi connectivity index (χ3n) is 7.09. The number of likely N-dealkylation sites (tertiary alicyclic amines) is 2. The Kier molecular flexibility index (Phi) is 6.60. The van der Waals surface area contributed by atoms with Gasteiger partial charge in [-0.05, 0) is 62.6 Å². The summed E-state index contributed by atoms with van der Waals surface area (Å²) < 4.78 is 18.4. The van der Waals surface area contributed by atoms with Crippen LogP contribution in [0.4, 0.5) is 9.18 Å². The van der Waals surface area contributed by atoms with Crippen molar-refractivity contribution in [2.75, 3.05) is 32.8 Å². The Labute approximate surface area is 192 Å². The summed E-state index contributed by atoms with van der Waals surface area (Å²) in [5.41, 5.74) is 0.360. The van der Waals surface area contributed by atoms with Gasteiger partial charge < -0.3 is 19.9 Å². The van der Waals surface area contributed by atoms with Crippen molar-refractivity contribution in [1.82, 2.24) is 15.1 Å². The molecule has 3 fully saturated rings. The molecule has 1 aromatic carbocycles. The van der Waals surface area contributed by atoms with E-state index >= 15 is 0 Å². The average Bonchev–Trinajstić information content (AvgIpc) is 3.49. The molecule has 1 N–H and O–H groups in total. The molecule has 1 unspecified atom stereocenters. The van der Waals surface area contributed by atoms with E-state index in [1.165, 1.54) is 18.2 Å². The fourth-order valence-electron chi connectivity index (χ4n) is 4.96. The highest BCUT2D eigenvalue weighted by molar-refractivity contribution is 6.31. The Morgan fingerprint density at radius 1 is 1.16 bits per heavy atom.